The van der Waals surface area contributed by atoms with Crippen molar-refractivity contribution in [2.75, 3.05) is 27.2 Å². The van der Waals surface area contributed by atoms with Crippen LogP contribution < -0.4 is 15.6 Å². The monoisotopic (exact) mass is 509 g/mol. The molecule has 3 amide bonds. The molecule has 1 aromatic carbocycles. The Bertz CT molecular complexity index is 1370. The first-order valence-electron chi connectivity index (χ1n) is 12.5. The van der Waals surface area contributed by atoms with Crippen molar-refractivity contribution < 1.29 is 19.5 Å². The van der Waals surface area contributed by atoms with Crippen molar-refractivity contribution in [3.8, 4) is 5.75 Å². The number of H-pyrrole nitrogens is 1. The molecule has 0 unspecified atom stereocenters. The first-order valence-corrected chi connectivity index (χ1v) is 12.5. The van der Waals surface area contributed by atoms with Crippen molar-refractivity contribution in [1.82, 2.24) is 24.8 Å². The standard InChI is InChI=1S/C27H35N5O5/c1-16-14-23(37-5)21(25(33)29-16)15-28-26(34)24-18(3)32(22-9-7-6-8-20(22)24)17(2)19-10-12-31(13-11-19)27(35)30(4)36/h6-9,14,17,19,36H,10-13,15H2,1-5H3,(H,28,34)(H,29,33)/t17-/m1/s1. The molecule has 0 bridgehead atoms. The highest BCUT2D eigenvalue weighted by Gasteiger charge is 2.31. The lowest BCUT2D eigenvalue weighted by atomic mass is 9.90. The number of urea groups is 1. The van der Waals surface area contributed by atoms with Crippen LogP contribution in [0.1, 0.15) is 53.1 Å². The molecule has 1 atom stereocenters. The van der Waals surface area contributed by atoms with Gasteiger partial charge in [0.2, 0.25) is 0 Å². The highest BCUT2D eigenvalue weighted by Crippen LogP contribution is 2.36. The van der Waals surface area contributed by atoms with E-state index in [9.17, 15) is 19.6 Å². The average Bonchev–Trinajstić information content (AvgIpc) is 3.18. The van der Waals surface area contributed by atoms with Gasteiger partial charge in [-0.3, -0.25) is 14.8 Å². The molecule has 0 saturated carbocycles. The Morgan fingerprint density at radius 3 is 2.57 bits per heavy atom. The number of aromatic amines is 1. The first-order chi connectivity index (χ1) is 17.6. The first kappa shape index (κ1) is 26.3. The van der Waals surface area contributed by atoms with Gasteiger partial charge >= 0.3 is 6.03 Å². The number of nitrogens with one attached hydrogen (secondary N) is 2. The lowest BCUT2D eigenvalue weighted by Crippen LogP contribution is -2.45. The minimum Gasteiger partial charge on any atom is -0.496 e. The molecule has 198 valence electrons. The Hall–Kier alpha value is -3.79. The number of rotatable bonds is 6. The summed E-state index contributed by atoms with van der Waals surface area (Å²) in [7, 11) is 2.84. The van der Waals surface area contributed by atoms with Gasteiger partial charge in [-0.25, -0.2) is 9.86 Å². The molecule has 0 radical (unpaired) electrons. The number of para-hydroxylation sites is 1. The zero-order valence-corrected chi connectivity index (χ0v) is 22.0. The van der Waals surface area contributed by atoms with E-state index in [0.29, 0.717) is 46.6 Å². The number of hydrogen-bond donors (Lipinski definition) is 3. The molecule has 3 aromatic rings. The summed E-state index contributed by atoms with van der Waals surface area (Å²) in [5.74, 6) is 0.480. The number of hydroxylamine groups is 2. The molecule has 0 spiro atoms. The maximum atomic E-state index is 13.5. The number of ether oxygens (including phenoxy) is 1. The number of likely N-dealkylation sites (tertiary alicyclic amines) is 1. The van der Waals surface area contributed by atoms with E-state index in [1.807, 2.05) is 31.2 Å². The number of aryl methyl sites for hydroxylation is 1. The van der Waals surface area contributed by atoms with E-state index in [-0.39, 0.29) is 24.1 Å². The van der Waals surface area contributed by atoms with E-state index in [0.717, 1.165) is 29.4 Å². The molecule has 1 saturated heterocycles. The van der Waals surface area contributed by atoms with Crippen LogP contribution in [0.3, 0.4) is 0 Å². The van der Waals surface area contributed by atoms with E-state index in [1.54, 1.807) is 17.9 Å². The number of amides is 3. The summed E-state index contributed by atoms with van der Waals surface area (Å²) in [6, 6.07) is 9.27. The maximum Gasteiger partial charge on any atom is 0.343 e. The normalized spacial score (nSPS) is 15.0. The molecule has 10 heteroatoms. The van der Waals surface area contributed by atoms with Crippen molar-refractivity contribution in [2.24, 2.45) is 5.92 Å². The van der Waals surface area contributed by atoms with Gasteiger partial charge in [0, 0.05) is 48.5 Å². The Balaban J connectivity index is 1.59. The van der Waals surface area contributed by atoms with Crippen molar-refractivity contribution in [3.63, 3.8) is 0 Å². The second kappa shape index (κ2) is 10.7. The van der Waals surface area contributed by atoms with Crippen molar-refractivity contribution in [3.05, 3.63) is 63.2 Å². The Labute approximate surface area is 215 Å². The number of carbonyl (C=O) groups excluding carboxylic acids is 2. The molecule has 4 rings (SSSR count). The highest BCUT2D eigenvalue weighted by atomic mass is 16.5. The van der Waals surface area contributed by atoms with Gasteiger partial charge in [-0.2, -0.15) is 0 Å². The summed E-state index contributed by atoms with van der Waals surface area (Å²) in [6.45, 7) is 7.05. The second-order valence-electron chi connectivity index (χ2n) is 9.73. The van der Waals surface area contributed by atoms with Gasteiger partial charge in [0.15, 0.2) is 0 Å². The van der Waals surface area contributed by atoms with Crippen LogP contribution in [0.15, 0.2) is 35.1 Å². The van der Waals surface area contributed by atoms with Crippen LogP contribution in [0, 0.1) is 19.8 Å². The predicted molar refractivity (Wildman–Crippen MR) is 140 cm³/mol. The van der Waals surface area contributed by atoms with Crippen LogP contribution in [0.25, 0.3) is 10.9 Å². The van der Waals surface area contributed by atoms with Gasteiger partial charge in [0.25, 0.3) is 11.5 Å². The summed E-state index contributed by atoms with van der Waals surface area (Å²) in [5, 5.41) is 13.9. The number of methoxy groups -OCH3 is 1. The third-order valence-electron chi connectivity index (χ3n) is 7.44. The van der Waals surface area contributed by atoms with Crippen LogP contribution in [-0.2, 0) is 6.54 Å². The minimum atomic E-state index is -0.392. The largest absolute Gasteiger partial charge is 0.496 e. The van der Waals surface area contributed by atoms with E-state index < -0.39 is 6.03 Å². The van der Waals surface area contributed by atoms with Gasteiger partial charge in [-0.05, 0) is 51.7 Å². The number of carbonyl (C=O) groups is 2. The van der Waals surface area contributed by atoms with E-state index >= 15 is 0 Å². The molecular weight excluding hydrogens is 474 g/mol. The zero-order valence-electron chi connectivity index (χ0n) is 22.0. The molecule has 10 nitrogen and oxygen atoms in total. The molecule has 1 aliphatic rings. The van der Waals surface area contributed by atoms with Crippen LogP contribution in [0.2, 0.25) is 0 Å². The second-order valence-corrected chi connectivity index (χ2v) is 9.73. The third kappa shape index (κ3) is 5.06. The fourth-order valence-electron chi connectivity index (χ4n) is 5.48. The Morgan fingerprint density at radius 1 is 1.24 bits per heavy atom. The van der Waals surface area contributed by atoms with Crippen LogP contribution >= 0.6 is 0 Å². The van der Waals surface area contributed by atoms with Crippen molar-refractivity contribution in [1.29, 1.82) is 0 Å². The van der Waals surface area contributed by atoms with Gasteiger partial charge in [0.1, 0.15) is 5.75 Å². The number of aromatic nitrogens is 2. The molecule has 0 aliphatic carbocycles. The number of nitrogens with zero attached hydrogens (tertiary/aromatic N) is 3. The molecule has 1 fully saturated rings. The summed E-state index contributed by atoms with van der Waals surface area (Å²) in [4.78, 5) is 42.5. The predicted octanol–water partition coefficient (Wildman–Crippen LogP) is 3.60. The van der Waals surface area contributed by atoms with Crippen LogP contribution in [0.4, 0.5) is 4.79 Å². The number of pyridine rings is 1. The Kier molecular flexibility index (Phi) is 7.58. The van der Waals surface area contributed by atoms with Gasteiger partial charge < -0.3 is 24.5 Å². The third-order valence-corrected chi connectivity index (χ3v) is 7.44. The Morgan fingerprint density at radius 2 is 1.92 bits per heavy atom. The minimum absolute atomic E-state index is 0.0396. The lowest BCUT2D eigenvalue weighted by Gasteiger charge is -2.36. The average molecular weight is 510 g/mol. The zero-order chi connectivity index (χ0) is 26.9. The molecule has 37 heavy (non-hydrogen) atoms. The molecule has 1 aliphatic heterocycles. The van der Waals surface area contributed by atoms with Gasteiger partial charge in [-0.15, -0.1) is 0 Å². The van der Waals surface area contributed by atoms with Crippen LogP contribution in [0.5, 0.6) is 5.75 Å². The van der Waals surface area contributed by atoms with E-state index in [2.05, 4.69) is 21.8 Å². The molecule has 3 heterocycles. The molecule has 2 aromatic heterocycles. The fourth-order valence-corrected chi connectivity index (χ4v) is 5.48. The van der Waals surface area contributed by atoms with Gasteiger partial charge in [0.05, 0.1) is 24.8 Å². The van der Waals surface area contributed by atoms with Crippen molar-refractivity contribution in [2.45, 2.75) is 46.2 Å². The number of benzene rings is 1. The molecule has 3 N–H and O–H groups in total. The highest BCUT2D eigenvalue weighted by molar-refractivity contribution is 6.08. The maximum absolute atomic E-state index is 13.5. The number of piperidine rings is 1. The summed E-state index contributed by atoms with van der Waals surface area (Å²) in [5.41, 5.74) is 3.16. The van der Waals surface area contributed by atoms with Crippen molar-refractivity contribution >= 4 is 22.8 Å². The van der Waals surface area contributed by atoms with E-state index in [1.165, 1.54) is 14.2 Å². The summed E-state index contributed by atoms with van der Waals surface area (Å²) < 4.78 is 7.57. The smallest absolute Gasteiger partial charge is 0.343 e. The lowest BCUT2D eigenvalue weighted by molar-refractivity contribution is -0.0371. The molecular formula is C27H35N5O5. The quantitative estimate of drug-likeness (QED) is 0.346. The SMILES string of the molecule is COc1cc(C)[nH]c(=O)c1CNC(=O)c1c(C)n([C@H](C)C2CCN(C(=O)N(C)O)CC2)c2ccccc12. The summed E-state index contributed by atoms with van der Waals surface area (Å²) >= 11 is 0. The van der Waals surface area contributed by atoms with Crippen LogP contribution in [-0.4, -0.2) is 63.9 Å². The van der Waals surface area contributed by atoms with E-state index in [4.69, 9.17) is 4.74 Å². The number of fused-ring (bicyclic) bond motifs is 1. The summed E-state index contributed by atoms with van der Waals surface area (Å²) in [6.07, 6.45) is 1.59. The topological polar surface area (TPSA) is 120 Å². The number of hydrogen-bond acceptors (Lipinski definition) is 5. The fraction of sp³-hybridized carbons (Fsp3) is 0.444. The van der Waals surface area contributed by atoms with Gasteiger partial charge in [-0.1, -0.05) is 18.2 Å².